The summed E-state index contributed by atoms with van der Waals surface area (Å²) in [5.74, 6) is -1.44. The van der Waals surface area contributed by atoms with Gasteiger partial charge in [-0.1, -0.05) is 29.3 Å². The number of carbonyl (C=O) groups excluding carboxylic acids is 1. The van der Waals surface area contributed by atoms with Gasteiger partial charge in [0.1, 0.15) is 0 Å². The minimum atomic E-state index is -3.97. The monoisotopic (exact) mass is 444 g/mol. The summed E-state index contributed by atoms with van der Waals surface area (Å²) in [4.78, 5) is 22.0. The van der Waals surface area contributed by atoms with Crippen molar-refractivity contribution in [3.8, 4) is 0 Å². The summed E-state index contributed by atoms with van der Waals surface area (Å²) >= 11 is 12.1. The molecular formula is C18H18Cl2N2O5S. The van der Waals surface area contributed by atoms with Gasteiger partial charge < -0.3 is 10.4 Å². The molecule has 0 unspecified atom stereocenters. The van der Waals surface area contributed by atoms with E-state index in [0.717, 1.165) is 4.31 Å². The van der Waals surface area contributed by atoms with Crippen LogP contribution in [0, 0.1) is 0 Å². The fraction of sp³-hybridized carbons (Fsp3) is 0.222. The third-order valence-corrected chi connectivity index (χ3v) is 6.28. The van der Waals surface area contributed by atoms with Crippen molar-refractivity contribution >= 4 is 45.1 Å². The topological polar surface area (TPSA) is 104 Å². The maximum absolute atomic E-state index is 13.1. The van der Waals surface area contributed by atoms with Gasteiger partial charge >= 0.3 is 5.97 Å². The summed E-state index contributed by atoms with van der Waals surface area (Å²) in [6.07, 6.45) is 0. The van der Waals surface area contributed by atoms with Crippen LogP contribution in [0.5, 0.6) is 0 Å². The van der Waals surface area contributed by atoms with Gasteiger partial charge in [0.2, 0.25) is 15.9 Å². The first kappa shape index (κ1) is 22.2. The zero-order valence-corrected chi connectivity index (χ0v) is 17.2. The van der Waals surface area contributed by atoms with Crippen molar-refractivity contribution < 1.29 is 23.1 Å². The van der Waals surface area contributed by atoms with Crippen LogP contribution in [0.4, 0.5) is 0 Å². The van der Waals surface area contributed by atoms with Crippen LogP contribution in [-0.4, -0.2) is 42.8 Å². The molecule has 28 heavy (non-hydrogen) atoms. The summed E-state index contributed by atoms with van der Waals surface area (Å²) in [6.45, 7) is 1.40. The summed E-state index contributed by atoms with van der Waals surface area (Å²) in [7, 11) is -3.97. The number of carboxylic acid groups (broad SMARTS) is 1. The summed E-state index contributed by atoms with van der Waals surface area (Å²) in [5.41, 5.74) is 0.518. The minimum absolute atomic E-state index is 0.00154. The number of aromatic carboxylic acids is 1. The highest BCUT2D eigenvalue weighted by molar-refractivity contribution is 7.89. The lowest BCUT2D eigenvalue weighted by atomic mass is 10.2. The van der Waals surface area contributed by atoms with Crippen LogP contribution in [0.25, 0.3) is 0 Å². The smallest absolute Gasteiger partial charge is 0.335 e. The van der Waals surface area contributed by atoms with Gasteiger partial charge in [-0.15, -0.1) is 0 Å². The van der Waals surface area contributed by atoms with Crippen molar-refractivity contribution in [3.05, 3.63) is 63.6 Å². The van der Waals surface area contributed by atoms with Gasteiger partial charge in [-0.2, -0.15) is 4.31 Å². The second-order valence-corrected chi connectivity index (χ2v) is 8.67. The molecule has 2 N–H and O–H groups in total. The first-order valence-electron chi connectivity index (χ1n) is 8.13. The van der Waals surface area contributed by atoms with Crippen molar-refractivity contribution in [2.75, 3.05) is 13.1 Å². The zero-order valence-electron chi connectivity index (χ0n) is 14.9. The largest absolute Gasteiger partial charge is 0.478 e. The molecule has 0 aromatic heterocycles. The first-order chi connectivity index (χ1) is 13.1. The van der Waals surface area contributed by atoms with Gasteiger partial charge in [-0.25, -0.2) is 13.2 Å². The van der Waals surface area contributed by atoms with Crippen molar-refractivity contribution in [1.29, 1.82) is 0 Å². The van der Waals surface area contributed by atoms with E-state index in [1.807, 2.05) is 0 Å². The Bertz CT molecular complexity index is 978. The number of hydrogen-bond acceptors (Lipinski definition) is 4. The van der Waals surface area contributed by atoms with Crippen LogP contribution < -0.4 is 5.32 Å². The van der Waals surface area contributed by atoms with E-state index in [4.69, 9.17) is 28.3 Å². The van der Waals surface area contributed by atoms with Crippen molar-refractivity contribution in [3.63, 3.8) is 0 Å². The Kier molecular flexibility index (Phi) is 7.42. The number of amides is 1. The molecule has 0 saturated carbocycles. The lowest BCUT2D eigenvalue weighted by Crippen LogP contribution is -2.37. The molecule has 1 amide bonds. The van der Waals surface area contributed by atoms with Crippen LogP contribution in [0.15, 0.2) is 47.4 Å². The molecule has 0 spiro atoms. The lowest BCUT2D eigenvalue weighted by Gasteiger charge is -2.23. The van der Waals surface area contributed by atoms with Gasteiger partial charge in [0.25, 0.3) is 0 Å². The van der Waals surface area contributed by atoms with Gasteiger partial charge in [0.05, 0.1) is 10.5 Å². The summed E-state index contributed by atoms with van der Waals surface area (Å²) in [6, 6.07) is 9.63. The number of carboxylic acids is 1. The van der Waals surface area contributed by atoms with E-state index in [1.165, 1.54) is 37.3 Å². The normalized spacial score (nSPS) is 11.4. The first-order valence-corrected chi connectivity index (χ1v) is 10.3. The number of nitrogens with one attached hydrogen (secondary N) is 1. The van der Waals surface area contributed by atoms with E-state index in [1.54, 1.807) is 12.1 Å². The molecule has 10 heteroatoms. The average molecular weight is 445 g/mol. The molecule has 0 aliphatic heterocycles. The van der Waals surface area contributed by atoms with Gasteiger partial charge in [-0.3, -0.25) is 4.79 Å². The van der Waals surface area contributed by atoms with Crippen LogP contribution in [0.1, 0.15) is 22.8 Å². The van der Waals surface area contributed by atoms with E-state index in [9.17, 15) is 18.0 Å². The molecule has 0 fully saturated rings. The summed E-state index contributed by atoms with van der Waals surface area (Å²) in [5, 5.41) is 12.3. The second kappa shape index (κ2) is 9.38. The Labute approximate surface area is 172 Å². The zero-order chi connectivity index (χ0) is 20.9. The molecule has 0 saturated heterocycles. The maximum atomic E-state index is 13.1. The highest BCUT2D eigenvalue weighted by atomic mass is 35.5. The predicted molar refractivity (Wildman–Crippen MR) is 106 cm³/mol. The minimum Gasteiger partial charge on any atom is -0.478 e. The van der Waals surface area contributed by atoms with E-state index in [0.29, 0.717) is 15.6 Å². The Morgan fingerprint density at radius 2 is 1.75 bits per heavy atom. The number of carbonyl (C=O) groups is 2. The Morgan fingerprint density at radius 1 is 1.11 bits per heavy atom. The molecule has 0 aliphatic rings. The Hall–Kier alpha value is -2.13. The van der Waals surface area contributed by atoms with Crippen LogP contribution >= 0.6 is 23.2 Å². The number of nitrogens with zero attached hydrogens (tertiary/aromatic N) is 1. The van der Waals surface area contributed by atoms with Crippen LogP contribution in [0.2, 0.25) is 10.0 Å². The highest BCUT2D eigenvalue weighted by Crippen LogP contribution is 2.25. The second-order valence-electron chi connectivity index (χ2n) is 5.89. The fourth-order valence-electron chi connectivity index (χ4n) is 2.40. The van der Waals surface area contributed by atoms with Gasteiger partial charge in [0.15, 0.2) is 0 Å². The summed E-state index contributed by atoms with van der Waals surface area (Å²) < 4.78 is 27.3. The molecule has 150 valence electrons. The quantitative estimate of drug-likeness (QED) is 0.650. The van der Waals surface area contributed by atoms with E-state index in [-0.39, 0.29) is 36.0 Å². The van der Waals surface area contributed by atoms with Crippen LogP contribution in [-0.2, 0) is 21.4 Å². The molecular weight excluding hydrogens is 427 g/mol. The molecule has 2 aromatic rings. The van der Waals surface area contributed by atoms with Gasteiger partial charge in [0, 0.05) is 36.6 Å². The average Bonchev–Trinajstić information content (AvgIpc) is 2.62. The fourth-order valence-corrected chi connectivity index (χ4v) is 4.29. The van der Waals surface area contributed by atoms with E-state index >= 15 is 0 Å². The third-order valence-electron chi connectivity index (χ3n) is 3.84. The Balaban J connectivity index is 2.35. The van der Waals surface area contributed by atoms with Crippen molar-refractivity contribution in [1.82, 2.24) is 9.62 Å². The number of rotatable bonds is 8. The van der Waals surface area contributed by atoms with Crippen molar-refractivity contribution in [2.45, 2.75) is 18.4 Å². The molecule has 0 heterocycles. The lowest BCUT2D eigenvalue weighted by molar-refractivity contribution is -0.118. The standard InChI is InChI=1S/C18H18Cl2N2O5S/c1-12(23)21-8-9-22(11-14-2-5-15(19)10-17(14)20)28(26,27)16-6-3-13(4-7-16)18(24)25/h2-7,10H,8-9,11H2,1H3,(H,21,23)(H,24,25). The predicted octanol–water partition coefficient (Wildman–Crippen LogP) is 3.02. The molecule has 0 aliphatic carbocycles. The number of hydrogen-bond donors (Lipinski definition) is 2. The highest BCUT2D eigenvalue weighted by Gasteiger charge is 2.25. The van der Waals surface area contributed by atoms with E-state index < -0.39 is 16.0 Å². The number of halogens is 2. The number of sulfonamides is 1. The molecule has 0 atom stereocenters. The van der Waals surface area contributed by atoms with Gasteiger partial charge in [-0.05, 0) is 42.0 Å². The molecule has 7 nitrogen and oxygen atoms in total. The third kappa shape index (κ3) is 5.68. The number of benzene rings is 2. The molecule has 0 radical (unpaired) electrons. The maximum Gasteiger partial charge on any atom is 0.335 e. The van der Waals surface area contributed by atoms with E-state index in [2.05, 4.69) is 5.32 Å². The Morgan fingerprint density at radius 3 is 2.29 bits per heavy atom. The molecule has 2 aromatic carbocycles. The molecule has 2 rings (SSSR count). The molecule has 0 bridgehead atoms. The SMILES string of the molecule is CC(=O)NCCN(Cc1ccc(Cl)cc1Cl)S(=O)(=O)c1ccc(C(=O)O)cc1. The van der Waals surface area contributed by atoms with Crippen molar-refractivity contribution in [2.24, 2.45) is 0 Å². The van der Waals surface area contributed by atoms with Crippen LogP contribution in [0.3, 0.4) is 0 Å².